The van der Waals surface area contributed by atoms with Crippen LogP contribution in [0.2, 0.25) is 10.0 Å². The first kappa shape index (κ1) is 14.8. The molecule has 0 aromatic heterocycles. The number of carbonyl (C=O) groups excluding carboxylic acids is 3. The van der Waals surface area contributed by atoms with E-state index in [1.54, 1.807) is 6.07 Å². The van der Waals surface area contributed by atoms with E-state index in [0.717, 1.165) is 4.90 Å². The van der Waals surface area contributed by atoms with E-state index < -0.39 is 29.7 Å². The van der Waals surface area contributed by atoms with Gasteiger partial charge in [0.1, 0.15) is 12.0 Å². The summed E-state index contributed by atoms with van der Waals surface area (Å²) in [6.45, 7) is 0. The summed E-state index contributed by atoms with van der Waals surface area (Å²) in [6, 6.07) is 3.66. The first-order valence-corrected chi connectivity index (χ1v) is 6.96. The molecule has 1 saturated heterocycles. The molecule has 22 heavy (non-hydrogen) atoms. The maximum absolute atomic E-state index is 12.6. The van der Waals surface area contributed by atoms with E-state index in [9.17, 15) is 14.4 Å². The van der Waals surface area contributed by atoms with Crippen LogP contribution in [0.5, 0.6) is 0 Å². The Hall–Kier alpha value is -2.12. The number of halogens is 2. The Balaban J connectivity index is 2.04. The average molecular weight is 342 g/mol. The van der Waals surface area contributed by atoms with Crippen molar-refractivity contribution in [2.24, 2.45) is 11.0 Å². The minimum absolute atomic E-state index is 0.0984. The second-order valence-electron chi connectivity index (χ2n) is 4.66. The Kier molecular flexibility index (Phi) is 3.54. The van der Waals surface area contributed by atoms with Gasteiger partial charge in [0, 0.05) is 0 Å². The van der Waals surface area contributed by atoms with E-state index >= 15 is 0 Å². The van der Waals surface area contributed by atoms with Crippen LogP contribution in [0.1, 0.15) is 0 Å². The minimum Gasteiger partial charge on any atom is -0.464 e. The number of anilines is 1. The van der Waals surface area contributed by atoms with Gasteiger partial charge in [-0.3, -0.25) is 15.0 Å². The molecular weight excluding hydrogens is 333 g/mol. The van der Waals surface area contributed by atoms with Crippen LogP contribution >= 0.6 is 23.2 Å². The van der Waals surface area contributed by atoms with Gasteiger partial charge in [0.25, 0.3) is 5.91 Å². The van der Waals surface area contributed by atoms with Crippen molar-refractivity contribution in [3.05, 3.63) is 28.2 Å². The number of amides is 2. The van der Waals surface area contributed by atoms with Crippen LogP contribution in [0.25, 0.3) is 0 Å². The molecule has 0 spiro atoms. The predicted octanol–water partition coefficient (Wildman–Crippen LogP) is 0.984. The van der Waals surface area contributed by atoms with Gasteiger partial charge in [0.15, 0.2) is 5.71 Å². The molecule has 2 aliphatic rings. The first-order valence-electron chi connectivity index (χ1n) is 6.20. The molecule has 7 nitrogen and oxygen atoms in total. The summed E-state index contributed by atoms with van der Waals surface area (Å²) in [5.74, 6) is -3.02. The zero-order valence-electron chi connectivity index (χ0n) is 11.2. The van der Waals surface area contributed by atoms with Gasteiger partial charge in [-0.2, -0.15) is 5.10 Å². The monoisotopic (exact) mass is 341 g/mol. The molecular formula is C13H9Cl2N3O4. The van der Waals surface area contributed by atoms with E-state index in [4.69, 9.17) is 23.2 Å². The number of nitrogens with zero attached hydrogens (tertiary/aromatic N) is 2. The van der Waals surface area contributed by atoms with Crippen molar-refractivity contribution in [2.75, 3.05) is 12.0 Å². The summed E-state index contributed by atoms with van der Waals surface area (Å²) in [7, 11) is 1.17. The van der Waals surface area contributed by atoms with Crippen LogP contribution in [-0.4, -0.2) is 36.6 Å². The molecule has 0 bridgehead atoms. The summed E-state index contributed by atoms with van der Waals surface area (Å²) in [6.07, 6.45) is 0. The lowest BCUT2D eigenvalue weighted by molar-refractivity contribution is -0.133. The number of hydrogen-bond acceptors (Lipinski definition) is 6. The van der Waals surface area contributed by atoms with E-state index in [2.05, 4.69) is 15.3 Å². The molecule has 1 aromatic carbocycles. The van der Waals surface area contributed by atoms with Crippen molar-refractivity contribution >= 4 is 52.4 Å². The van der Waals surface area contributed by atoms with Gasteiger partial charge in [0.2, 0.25) is 5.91 Å². The highest BCUT2D eigenvalue weighted by Crippen LogP contribution is 2.39. The number of para-hydroxylation sites is 1. The Labute approximate surface area is 134 Å². The summed E-state index contributed by atoms with van der Waals surface area (Å²) < 4.78 is 4.57. The SMILES string of the molecule is COC(=O)C1=NN[C@H]2C(=O)N(c3c(Cl)cccc3Cl)C(=O)[C@@H]12. The van der Waals surface area contributed by atoms with Crippen LogP contribution in [0, 0.1) is 5.92 Å². The lowest BCUT2D eigenvalue weighted by Crippen LogP contribution is -2.36. The lowest BCUT2D eigenvalue weighted by Gasteiger charge is -2.18. The van der Waals surface area contributed by atoms with Crippen molar-refractivity contribution < 1.29 is 19.1 Å². The van der Waals surface area contributed by atoms with Gasteiger partial charge < -0.3 is 4.74 Å². The Morgan fingerprint density at radius 1 is 1.27 bits per heavy atom. The summed E-state index contributed by atoms with van der Waals surface area (Å²) in [4.78, 5) is 37.6. The van der Waals surface area contributed by atoms with E-state index in [-0.39, 0.29) is 21.4 Å². The summed E-state index contributed by atoms with van der Waals surface area (Å²) >= 11 is 12.1. The maximum atomic E-state index is 12.6. The van der Waals surface area contributed by atoms with Gasteiger partial charge in [-0.15, -0.1) is 0 Å². The van der Waals surface area contributed by atoms with Crippen LogP contribution in [0.3, 0.4) is 0 Å². The van der Waals surface area contributed by atoms with Crippen LogP contribution in [0.15, 0.2) is 23.3 Å². The molecule has 1 N–H and O–H groups in total. The van der Waals surface area contributed by atoms with Crippen LogP contribution < -0.4 is 10.3 Å². The number of hydrogen-bond donors (Lipinski definition) is 1. The number of esters is 1. The second kappa shape index (κ2) is 5.26. The maximum Gasteiger partial charge on any atom is 0.355 e. The van der Waals surface area contributed by atoms with E-state index in [1.165, 1.54) is 19.2 Å². The van der Waals surface area contributed by atoms with Crippen molar-refractivity contribution in [2.45, 2.75) is 6.04 Å². The number of rotatable bonds is 2. The average Bonchev–Trinajstić information content (AvgIpc) is 3.02. The predicted molar refractivity (Wildman–Crippen MR) is 78.8 cm³/mol. The minimum atomic E-state index is -1.05. The highest BCUT2D eigenvalue weighted by molar-refractivity contribution is 6.48. The van der Waals surface area contributed by atoms with Gasteiger partial charge in [0.05, 0.1) is 22.8 Å². The Bertz CT molecular complexity index is 714. The number of fused-ring (bicyclic) bond motifs is 1. The molecule has 114 valence electrons. The molecule has 1 aromatic rings. The summed E-state index contributed by atoms with van der Waals surface area (Å²) in [5.41, 5.74) is 2.45. The molecule has 0 radical (unpaired) electrons. The van der Waals surface area contributed by atoms with Crippen molar-refractivity contribution in [1.29, 1.82) is 0 Å². The molecule has 9 heteroatoms. The fourth-order valence-corrected chi connectivity index (χ4v) is 3.05. The number of imide groups is 1. The van der Waals surface area contributed by atoms with Crippen molar-refractivity contribution in [1.82, 2.24) is 5.43 Å². The highest BCUT2D eigenvalue weighted by atomic mass is 35.5. The first-order chi connectivity index (χ1) is 10.5. The van der Waals surface area contributed by atoms with Crippen LogP contribution in [-0.2, 0) is 19.1 Å². The molecule has 2 heterocycles. The quantitative estimate of drug-likeness (QED) is 0.640. The molecule has 2 atom stereocenters. The lowest BCUT2D eigenvalue weighted by atomic mass is 9.99. The number of ether oxygens (including phenoxy) is 1. The molecule has 0 saturated carbocycles. The van der Waals surface area contributed by atoms with Gasteiger partial charge in [-0.1, -0.05) is 29.3 Å². The molecule has 2 aliphatic heterocycles. The van der Waals surface area contributed by atoms with Crippen molar-refractivity contribution in [3.8, 4) is 0 Å². The zero-order valence-corrected chi connectivity index (χ0v) is 12.7. The van der Waals surface area contributed by atoms with Gasteiger partial charge in [-0.05, 0) is 12.1 Å². The van der Waals surface area contributed by atoms with Gasteiger partial charge in [-0.25, -0.2) is 9.69 Å². The molecule has 3 rings (SSSR count). The molecule has 0 aliphatic carbocycles. The molecule has 2 amide bonds. The smallest absolute Gasteiger partial charge is 0.355 e. The Morgan fingerprint density at radius 2 is 1.91 bits per heavy atom. The van der Waals surface area contributed by atoms with E-state index in [1.807, 2.05) is 0 Å². The number of hydrazone groups is 1. The third-order valence-corrected chi connectivity index (χ3v) is 4.09. The fourth-order valence-electron chi connectivity index (χ4n) is 2.49. The number of nitrogens with one attached hydrogen (secondary N) is 1. The number of carbonyl (C=O) groups is 3. The standard InChI is InChI=1S/C13H9Cl2N3O4/c1-22-13(21)9-7-8(16-17-9)12(20)18(11(7)19)10-5(14)3-2-4-6(10)15/h2-4,7-8,16H,1H3/t7-,8-/m1/s1. The second-order valence-corrected chi connectivity index (χ2v) is 5.47. The Morgan fingerprint density at radius 3 is 2.50 bits per heavy atom. The third kappa shape index (κ3) is 1.97. The topological polar surface area (TPSA) is 88.1 Å². The van der Waals surface area contributed by atoms with Crippen LogP contribution in [0.4, 0.5) is 5.69 Å². The zero-order chi connectivity index (χ0) is 16.0. The third-order valence-electron chi connectivity index (χ3n) is 3.48. The van der Waals surface area contributed by atoms with E-state index in [0.29, 0.717) is 0 Å². The normalized spacial score (nSPS) is 23.2. The molecule has 0 unspecified atom stereocenters. The molecule has 1 fully saturated rings. The highest BCUT2D eigenvalue weighted by Gasteiger charge is 2.56. The largest absolute Gasteiger partial charge is 0.464 e. The van der Waals surface area contributed by atoms with Crippen molar-refractivity contribution in [3.63, 3.8) is 0 Å². The number of benzene rings is 1. The fraction of sp³-hybridized carbons (Fsp3) is 0.231. The summed E-state index contributed by atoms with van der Waals surface area (Å²) in [5, 5.41) is 4.04. The van der Waals surface area contributed by atoms with Gasteiger partial charge >= 0.3 is 5.97 Å². The number of methoxy groups -OCH3 is 1.